The van der Waals surface area contributed by atoms with Gasteiger partial charge in [-0.05, 0) is 13.8 Å². The Balaban J connectivity index is 5.11. The molecule has 0 aromatic carbocycles. The summed E-state index contributed by atoms with van der Waals surface area (Å²) in [5, 5.41) is 8.35. The van der Waals surface area contributed by atoms with Crippen molar-refractivity contribution in [3.63, 3.8) is 0 Å². The van der Waals surface area contributed by atoms with E-state index in [1.54, 1.807) is 19.9 Å². The van der Waals surface area contributed by atoms with E-state index in [0.29, 0.717) is 0 Å². The average molecular weight is 219 g/mol. The molecule has 0 aliphatic rings. The van der Waals surface area contributed by atoms with Crippen LogP contribution in [0.3, 0.4) is 0 Å². The zero-order valence-corrected chi connectivity index (χ0v) is 9.08. The molecule has 0 saturated heterocycles. The molecule has 0 rings (SSSR count). The van der Waals surface area contributed by atoms with Gasteiger partial charge in [0.1, 0.15) is 11.9 Å². The Morgan fingerprint density at radius 3 is 2.00 bits per heavy atom. The third-order valence-corrected chi connectivity index (χ3v) is 3.35. The van der Waals surface area contributed by atoms with Crippen LogP contribution in [0.15, 0.2) is 11.1 Å². The van der Waals surface area contributed by atoms with Gasteiger partial charge >= 0.3 is 7.60 Å². The fraction of sp³-hybridized carbons (Fsp3) is 0.571. The number of nitriles is 1. The summed E-state index contributed by atoms with van der Waals surface area (Å²) in [7, 11) is -3.62. The number of rotatable bonds is 5. The molecule has 0 atom stereocenters. The van der Waals surface area contributed by atoms with Gasteiger partial charge in [-0.25, -0.2) is 0 Å². The Kier molecular flexibility index (Phi) is 5.24. The average Bonchev–Trinajstić information content (AvgIpc) is 2.04. The molecule has 0 aromatic rings. The molecular formula is C7H14N3O3P. The van der Waals surface area contributed by atoms with E-state index in [2.05, 4.69) is 0 Å². The number of allylic oxidation sites excluding steroid dienone is 1. The van der Waals surface area contributed by atoms with Gasteiger partial charge in [0.15, 0.2) is 5.31 Å². The molecular weight excluding hydrogens is 205 g/mol. The van der Waals surface area contributed by atoms with E-state index in [1.165, 1.54) is 0 Å². The Morgan fingerprint density at radius 2 is 1.79 bits per heavy atom. The maximum atomic E-state index is 11.9. The molecule has 80 valence electrons. The van der Waals surface area contributed by atoms with Crippen LogP contribution < -0.4 is 11.5 Å². The SMILES string of the molecule is CCOP(=O)(OCC)C(C#N)=C(N)N. The zero-order chi connectivity index (χ0) is 11.2. The minimum atomic E-state index is -3.62. The Hall–Kier alpha value is -1.02. The quantitative estimate of drug-likeness (QED) is 0.524. The molecule has 0 spiro atoms. The molecule has 0 saturated carbocycles. The third-order valence-electron chi connectivity index (χ3n) is 1.25. The van der Waals surface area contributed by atoms with Crippen LogP contribution in [0.2, 0.25) is 0 Å². The Labute approximate surface area is 83.0 Å². The fourth-order valence-corrected chi connectivity index (χ4v) is 2.24. The van der Waals surface area contributed by atoms with Gasteiger partial charge < -0.3 is 20.5 Å². The van der Waals surface area contributed by atoms with Crippen LogP contribution in [0.4, 0.5) is 0 Å². The highest BCUT2D eigenvalue weighted by Crippen LogP contribution is 2.55. The molecule has 0 bridgehead atoms. The van der Waals surface area contributed by atoms with Gasteiger partial charge in [0, 0.05) is 0 Å². The largest absolute Gasteiger partial charge is 0.384 e. The van der Waals surface area contributed by atoms with Crippen molar-refractivity contribution in [3.8, 4) is 6.07 Å². The van der Waals surface area contributed by atoms with E-state index in [4.69, 9.17) is 25.8 Å². The highest BCUT2D eigenvalue weighted by molar-refractivity contribution is 7.58. The summed E-state index contributed by atoms with van der Waals surface area (Å²) in [5.74, 6) is -0.335. The Morgan fingerprint density at radius 1 is 1.36 bits per heavy atom. The second kappa shape index (κ2) is 5.66. The van der Waals surface area contributed by atoms with Crippen molar-refractivity contribution >= 4 is 7.60 Å². The van der Waals surface area contributed by atoms with E-state index >= 15 is 0 Å². The van der Waals surface area contributed by atoms with Crippen molar-refractivity contribution in [1.29, 1.82) is 5.26 Å². The van der Waals surface area contributed by atoms with Crippen molar-refractivity contribution in [1.82, 2.24) is 0 Å². The molecule has 14 heavy (non-hydrogen) atoms. The number of hydrogen-bond donors (Lipinski definition) is 2. The number of nitrogens with two attached hydrogens (primary N) is 2. The lowest BCUT2D eigenvalue weighted by Gasteiger charge is -2.16. The van der Waals surface area contributed by atoms with Crippen LogP contribution in [0.5, 0.6) is 0 Å². The van der Waals surface area contributed by atoms with Crippen molar-refractivity contribution in [3.05, 3.63) is 11.1 Å². The first-order valence-electron chi connectivity index (χ1n) is 4.06. The summed E-state index contributed by atoms with van der Waals surface area (Å²) in [5.41, 5.74) is 10.4. The summed E-state index contributed by atoms with van der Waals surface area (Å²) in [6.07, 6.45) is 0. The maximum absolute atomic E-state index is 11.9. The second-order valence-electron chi connectivity index (χ2n) is 2.25. The Bertz CT molecular complexity index is 294. The van der Waals surface area contributed by atoms with Crippen LogP contribution >= 0.6 is 7.60 Å². The first-order chi connectivity index (χ1) is 6.51. The smallest absolute Gasteiger partial charge is 0.375 e. The van der Waals surface area contributed by atoms with Gasteiger partial charge in [-0.1, -0.05) is 0 Å². The summed E-state index contributed by atoms with van der Waals surface area (Å²) >= 11 is 0. The number of nitrogens with zero attached hydrogens (tertiary/aromatic N) is 1. The molecule has 7 heteroatoms. The normalized spacial score (nSPS) is 10.6. The summed E-state index contributed by atoms with van der Waals surface area (Å²) in [4.78, 5) is 0. The third kappa shape index (κ3) is 3.04. The lowest BCUT2D eigenvalue weighted by molar-refractivity contribution is 0.227. The summed E-state index contributed by atoms with van der Waals surface area (Å²) in [6.45, 7) is 3.56. The molecule has 0 aromatic heterocycles. The molecule has 0 aliphatic carbocycles. The van der Waals surface area contributed by atoms with E-state index in [1.807, 2.05) is 0 Å². The molecule has 0 radical (unpaired) electrons. The fourth-order valence-electron chi connectivity index (χ4n) is 0.790. The van der Waals surface area contributed by atoms with Crippen molar-refractivity contribution in [2.45, 2.75) is 13.8 Å². The molecule has 0 aliphatic heterocycles. The molecule has 0 heterocycles. The summed E-state index contributed by atoms with van der Waals surface area (Å²) in [6, 6.07) is 1.63. The van der Waals surface area contributed by atoms with Gasteiger partial charge in [0.25, 0.3) is 0 Å². The zero-order valence-electron chi connectivity index (χ0n) is 8.19. The van der Waals surface area contributed by atoms with Gasteiger partial charge in [-0.3, -0.25) is 4.57 Å². The lowest BCUT2D eigenvalue weighted by Crippen LogP contribution is -2.13. The lowest BCUT2D eigenvalue weighted by atomic mass is 10.6. The van der Waals surface area contributed by atoms with Crippen molar-refractivity contribution in [2.24, 2.45) is 11.5 Å². The molecule has 0 amide bonds. The number of hydrogen-bond acceptors (Lipinski definition) is 6. The van der Waals surface area contributed by atoms with Gasteiger partial charge in [-0.2, -0.15) is 5.26 Å². The van der Waals surface area contributed by atoms with E-state index < -0.39 is 7.60 Å². The van der Waals surface area contributed by atoms with Crippen LogP contribution in [0, 0.1) is 11.3 Å². The van der Waals surface area contributed by atoms with E-state index in [9.17, 15) is 4.57 Å². The highest BCUT2D eigenvalue weighted by Gasteiger charge is 2.31. The predicted octanol–water partition coefficient (Wildman–Crippen LogP) is 0.863. The first-order valence-corrected chi connectivity index (χ1v) is 5.61. The van der Waals surface area contributed by atoms with Gasteiger partial charge in [0.2, 0.25) is 0 Å². The van der Waals surface area contributed by atoms with Crippen LogP contribution in [0.25, 0.3) is 0 Å². The first kappa shape index (κ1) is 13.0. The van der Waals surface area contributed by atoms with Crippen LogP contribution in [0.1, 0.15) is 13.8 Å². The monoisotopic (exact) mass is 219 g/mol. The second-order valence-corrected chi connectivity index (χ2v) is 4.21. The summed E-state index contributed by atoms with van der Waals surface area (Å²) < 4.78 is 21.7. The van der Waals surface area contributed by atoms with Crippen molar-refractivity contribution in [2.75, 3.05) is 13.2 Å². The predicted molar refractivity (Wildman–Crippen MR) is 51.9 cm³/mol. The van der Waals surface area contributed by atoms with E-state index in [-0.39, 0.29) is 24.3 Å². The standard InChI is InChI=1S/C7H14N3O3P/c1-3-12-14(11,13-4-2)6(5-8)7(9)10/h3-4,9-10H2,1-2H3. The van der Waals surface area contributed by atoms with Gasteiger partial charge in [0.05, 0.1) is 13.2 Å². The van der Waals surface area contributed by atoms with Crippen LogP contribution in [-0.2, 0) is 13.6 Å². The van der Waals surface area contributed by atoms with E-state index in [0.717, 1.165) is 0 Å². The molecule has 0 unspecified atom stereocenters. The minimum Gasteiger partial charge on any atom is -0.384 e. The minimum absolute atomic E-state index is 0.149. The highest BCUT2D eigenvalue weighted by atomic mass is 31.2. The van der Waals surface area contributed by atoms with Gasteiger partial charge in [-0.15, -0.1) is 0 Å². The molecule has 0 fully saturated rings. The molecule has 4 N–H and O–H groups in total. The van der Waals surface area contributed by atoms with Crippen LogP contribution in [-0.4, -0.2) is 13.2 Å². The topological polar surface area (TPSA) is 111 Å². The van der Waals surface area contributed by atoms with Crippen molar-refractivity contribution < 1.29 is 13.6 Å². The maximum Gasteiger partial charge on any atom is 0.375 e. The molecule has 6 nitrogen and oxygen atoms in total.